The third-order valence-electron chi connectivity index (χ3n) is 3.63. The van der Waals surface area contributed by atoms with E-state index in [2.05, 4.69) is 25.2 Å². The van der Waals surface area contributed by atoms with Crippen molar-refractivity contribution in [1.82, 2.24) is 0 Å². The summed E-state index contributed by atoms with van der Waals surface area (Å²) in [5, 5.41) is 12.2. The third kappa shape index (κ3) is 6.39. The van der Waals surface area contributed by atoms with Gasteiger partial charge in [-0.2, -0.15) is 5.26 Å². The lowest BCUT2D eigenvalue weighted by Crippen LogP contribution is -2.44. The Morgan fingerprint density at radius 2 is 2.00 bits per heavy atom. The molecule has 0 aliphatic heterocycles. The van der Waals surface area contributed by atoms with E-state index in [1.54, 1.807) is 25.1 Å². The molecule has 5 heteroatoms. The van der Waals surface area contributed by atoms with E-state index in [0.29, 0.717) is 35.9 Å². The van der Waals surface area contributed by atoms with Crippen LogP contribution in [-0.4, -0.2) is 24.2 Å². The van der Waals surface area contributed by atoms with Gasteiger partial charge in [0.2, 0.25) is 0 Å². The molecule has 138 valence electrons. The number of hydrogen-bond acceptors (Lipinski definition) is 4. The molecule has 0 aliphatic rings. The van der Waals surface area contributed by atoms with Crippen LogP contribution in [0.2, 0.25) is 0 Å². The zero-order valence-electron chi connectivity index (χ0n) is 16.2. The van der Waals surface area contributed by atoms with Crippen molar-refractivity contribution < 1.29 is 14.3 Å². The molecule has 0 heterocycles. The van der Waals surface area contributed by atoms with Crippen LogP contribution in [-0.2, 0) is 9.53 Å². The molecule has 1 amide bonds. The summed E-state index contributed by atoms with van der Waals surface area (Å²) in [6.45, 7) is 12.3. The lowest BCUT2D eigenvalue weighted by molar-refractivity contribution is -0.141. The van der Waals surface area contributed by atoms with Gasteiger partial charge in [-0.3, -0.25) is 4.79 Å². The molecule has 0 aliphatic carbocycles. The molecule has 1 N–H and O–H groups in total. The molecule has 0 saturated carbocycles. The maximum atomic E-state index is 12.8. The van der Waals surface area contributed by atoms with Gasteiger partial charge in [-0.05, 0) is 51.7 Å². The normalized spacial score (nSPS) is 13.4. The maximum absolute atomic E-state index is 12.8. The number of nitrogens with one attached hydrogen (secondary N) is 1. The Bertz CT molecular complexity index is 620. The Hall–Kier alpha value is -2.06. The summed E-state index contributed by atoms with van der Waals surface area (Å²) < 4.78 is 11.5. The van der Waals surface area contributed by atoms with E-state index in [9.17, 15) is 10.1 Å². The molecule has 0 fully saturated rings. The minimum absolute atomic E-state index is 0.0174. The highest BCUT2D eigenvalue weighted by Crippen LogP contribution is 2.27. The second kappa shape index (κ2) is 9.43. The van der Waals surface area contributed by atoms with E-state index in [4.69, 9.17) is 9.47 Å². The quantitative estimate of drug-likeness (QED) is 0.714. The van der Waals surface area contributed by atoms with Gasteiger partial charge in [-0.25, -0.2) is 0 Å². The Morgan fingerprint density at radius 3 is 2.52 bits per heavy atom. The van der Waals surface area contributed by atoms with Crippen LogP contribution < -0.4 is 10.1 Å². The predicted octanol–water partition coefficient (Wildman–Crippen LogP) is 4.52. The van der Waals surface area contributed by atoms with Crippen LogP contribution in [0.3, 0.4) is 0 Å². The van der Waals surface area contributed by atoms with Crippen molar-refractivity contribution in [3.63, 3.8) is 0 Å². The molecule has 1 aromatic carbocycles. The minimum atomic E-state index is -0.927. The number of carbonyl (C=O) groups is 1. The average Bonchev–Trinajstić information content (AvgIpc) is 2.53. The lowest BCUT2D eigenvalue weighted by Gasteiger charge is -2.30. The average molecular weight is 346 g/mol. The largest absolute Gasteiger partial charge is 0.491 e. The number of amides is 1. The summed E-state index contributed by atoms with van der Waals surface area (Å²) in [4.78, 5) is 12.8. The minimum Gasteiger partial charge on any atom is -0.491 e. The fourth-order valence-electron chi connectivity index (χ4n) is 2.65. The van der Waals surface area contributed by atoms with Crippen molar-refractivity contribution in [1.29, 1.82) is 5.26 Å². The molecule has 0 saturated heterocycles. The first kappa shape index (κ1) is 21.0. The summed E-state index contributed by atoms with van der Waals surface area (Å²) >= 11 is 0. The van der Waals surface area contributed by atoms with E-state index < -0.39 is 5.60 Å². The zero-order valence-corrected chi connectivity index (χ0v) is 16.2. The van der Waals surface area contributed by atoms with Gasteiger partial charge in [-0.1, -0.05) is 20.8 Å². The van der Waals surface area contributed by atoms with Gasteiger partial charge in [0, 0.05) is 12.7 Å². The number of carbonyl (C=O) groups excluding carboxylic acids is 1. The molecule has 1 aromatic rings. The van der Waals surface area contributed by atoms with E-state index in [1.807, 2.05) is 20.8 Å². The van der Waals surface area contributed by atoms with Crippen LogP contribution in [0.1, 0.15) is 59.9 Å². The highest BCUT2D eigenvalue weighted by atomic mass is 16.5. The molecule has 0 aromatic heterocycles. The SMILES string of the molecule is CCCOC(C)(CC(C)C)C(=O)Nc1ccc(OC(C)C)cc1C#N. The molecule has 1 rings (SSSR count). The number of nitrogens with zero attached hydrogens (tertiary/aromatic N) is 1. The molecule has 0 bridgehead atoms. The second-order valence-electron chi connectivity index (χ2n) is 7.12. The topological polar surface area (TPSA) is 71.3 Å². The van der Waals surface area contributed by atoms with E-state index >= 15 is 0 Å². The van der Waals surface area contributed by atoms with Crippen LogP contribution in [0.4, 0.5) is 5.69 Å². The zero-order chi connectivity index (χ0) is 19.0. The number of benzene rings is 1. The third-order valence-corrected chi connectivity index (χ3v) is 3.63. The van der Waals surface area contributed by atoms with Crippen molar-refractivity contribution >= 4 is 11.6 Å². The standard InChI is InChI=1S/C20H30N2O3/c1-7-10-24-20(6,12-14(2)3)19(23)22-18-9-8-17(25-15(4)5)11-16(18)13-21/h8-9,11,14-15H,7,10,12H2,1-6H3,(H,22,23). The Kier molecular flexibility index (Phi) is 7.92. The lowest BCUT2D eigenvalue weighted by atomic mass is 9.92. The predicted molar refractivity (Wildman–Crippen MR) is 99.7 cm³/mol. The summed E-state index contributed by atoms with van der Waals surface area (Å²) in [6, 6.07) is 7.21. The van der Waals surface area contributed by atoms with Crippen LogP contribution >= 0.6 is 0 Å². The van der Waals surface area contributed by atoms with E-state index in [0.717, 1.165) is 6.42 Å². The fraction of sp³-hybridized carbons (Fsp3) is 0.600. The Morgan fingerprint density at radius 1 is 1.32 bits per heavy atom. The summed E-state index contributed by atoms with van der Waals surface area (Å²) in [7, 11) is 0. The van der Waals surface area contributed by atoms with Gasteiger partial charge < -0.3 is 14.8 Å². The van der Waals surface area contributed by atoms with Crippen LogP contribution in [0.5, 0.6) is 5.75 Å². The molecule has 25 heavy (non-hydrogen) atoms. The van der Waals surface area contributed by atoms with Crippen molar-refractivity contribution in [2.24, 2.45) is 5.92 Å². The maximum Gasteiger partial charge on any atom is 0.256 e. The van der Waals surface area contributed by atoms with Crippen molar-refractivity contribution in [3.05, 3.63) is 23.8 Å². The number of rotatable bonds is 9. The van der Waals surface area contributed by atoms with Gasteiger partial charge >= 0.3 is 0 Å². The first-order valence-corrected chi connectivity index (χ1v) is 8.88. The van der Waals surface area contributed by atoms with Gasteiger partial charge in [0.1, 0.15) is 17.4 Å². The van der Waals surface area contributed by atoms with E-state index in [1.165, 1.54) is 0 Å². The molecule has 1 unspecified atom stereocenters. The number of anilines is 1. The molecular formula is C20H30N2O3. The summed E-state index contributed by atoms with van der Waals surface area (Å²) in [6.07, 6.45) is 1.46. The summed E-state index contributed by atoms with van der Waals surface area (Å²) in [5.41, 5.74) is -0.0862. The number of ether oxygens (including phenoxy) is 2. The molecule has 1 atom stereocenters. The summed E-state index contributed by atoms with van der Waals surface area (Å²) in [5.74, 6) is 0.685. The molecule has 0 spiro atoms. The smallest absolute Gasteiger partial charge is 0.256 e. The Balaban J connectivity index is 3.01. The van der Waals surface area contributed by atoms with E-state index in [-0.39, 0.29) is 12.0 Å². The molecule has 0 radical (unpaired) electrons. The Labute approximate surface area is 151 Å². The van der Waals surface area contributed by atoms with Crippen LogP contribution in [0.15, 0.2) is 18.2 Å². The molecule has 5 nitrogen and oxygen atoms in total. The number of hydrogen-bond donors (Lipinski definition) is 1. The van der Waals surface area contributed by atoms with Gasteiger partial charge in [0.05, 0.1) is 17.4 Å². The van der Waals surface area contributed by atoms with Gasteiger partial charge in [0.25, 0.3) is 5.91 Å². The highest BCUT2D eigenvalue weighted by molar-refractivity contribution is 5.98. The first-order chi connectivity index (χ1) is 11.7. The fourth-order valence-corrected chi connectivity index (χ4v) is 2.65. The second-order valence-corrected chi connectivity index (χ2v) is 7.12. The van der Waals surface area contributed by atoms with Crippen molar-refractivity contribution in [3.8, 4) is 11.8 Å². The van der Waals surface area contributed by atoms with Crippen molar-refractivity contribution in [2.45, 2.75) is 66.1 Å². The molecular weight excluding hydrogens is 316 g/mol. The van der Waals surface area contributed by atoms with Gasteiger partial charge in [0.15, 0.2) is 0 Å². The van der Waals surface area contributed by atoms with Crippen molar-refractivity contribution in [2.75, 3.05) is 11.9 Å². The van der Waals surface area contributed by atoms with Gasteiger partial charge in [-0.15, -0.1) is 0 Å². The van der Waals surface area contributed by atoms with Crippen LogP contribution in [0.25, 0.3) is 0 Å². The monoisotopic (exact) mass is 346 g/mol. The highest BCUT2D eigenvalue weighted by Gasteiger charge is 2.35. The van der Waals surface area contributed by atoms with Crippen LogP contribution in [0, 0.1) is 17.2 Å². The first-order valence-electron chi connectivity index (χ1n) is 8.88. The number of nitriles is 1.